The third-order valence-corrected chi connectivity index (χ3v) is 3.62. The largest absolute Gasteiger partial charge is 0.496 e. The molecule has 0 aromatic heterocycles. The number of hydrogen-bond donors (Lipinski definition) is 1. The van der Waals surface area contributed by atoms with Gasteiger partial charge >= 0.3 is 5.97 Å². The lowest BCUT2D eigenvalue weighted by Crippen LogP contribution is -2.47. The molecule has 1 atom stereocenters. The van der Waals surface area contributed by atoms with Crippen LogP contribution in [0.2, 0.25) is 0 Å². The number of nitrogens with zero attached hydrogens (tertiary/aromatic N) is 1. The number of carbonyl (C=O) groups is 2. The first-order valence-corrected chi connectivity index (χ1v) is 6.98. The van der Waals surface area contributed by atoms with Gasteiger partial charge in [0.15, 0.2) is 0 Å². The lowest BCUT2D eigenvalue weighted by Gasteiger charge is -2.32. The molecule has 0 radical (unpaired) electrons. The van der Waals surface area contributed by atoms with E-state index in [2.05, 4.69) is 0 Å². The standard InChI is InChI=1S/C16H19NO4/c1-21-14-8-3-2-6-12(14)9-10-15(18)17-11-5-4-7-13(17)16(19)20/h2-3,6,8-10,13H,4-5,7,11H2,1H3,(H,19,20)/t13-/m1/s1. The number of para-hydroxylation sites is 1. The van der Waals surface area contributed by atoms with E-state index in [4.69, 9.17) is 4.74 Å². The lowest BCUT2D eigenvalue weighted by molar-refractivity contribution is -0.150. The number of hydrogen-bond acceptors (Lipinski definition) is 3. The quantitative estimate of drug-likeness (QED) is 0.863. The summed E-state index contributed by atoms with van der Waals surface area (Å²) in [5.41, 5.74) is 0.789. The summed E-state index contributed by atoms with van der Waals surface area (Å²) in [6.07, 6.45) is 5.28. The van der Waals surface area contributed by atoms with Crippen molar-refractivity contribution < 1.29 is 19.4 Å². The Morgan fingerprint density at radius 1 is 1.33 bits per heavy atom. The Kier molecular flexibility index (Phi) is 4.98. The number of ether oxygens (including phenoxy) is 1. The average molecular weight is 289 g/mol. The summed E-state index contributed by atoms with van der Waals surface area (Å²) in [5, 5.41) is 9.19. The summed E-state index contributed by atoms with van der Waals surface area (Å²) in [4.78, 5) is 24.9. The highest BCUT2D eigenvalue weighted by atomic mass is 16.5. The summed E-state index contributed by atoms with van der Waals surface area (Å²) in [7, 11) is 1.57. The third-order valence-electron chi connectivity index (χ3n) is 3.62. The number of benzene rings is 1. The molecule has 1 amide bonds. The van der Waals surface area contributed by atoms with Crippen LogP contribution in [0, 0.1) is 0 Å². The Morgan fingerprint density at radius 3 is 2.81 bits per heavy atom. The van der Waals surface area contributed by atoms with Crippen LogP contribution in [0.3, 0.4) is 0 Å². The molecule has 0 aliphatic carbocycles. The highest BCUT2D eigenvalue weighted by Crippen LogP contribution is 2.20. The maximum Gasteiger partial charge on any atom is 0.326 e. The summed E-state index contributed by atoms with van der Waals surface area (Å²) < 4.78 is 5.21. The van der Waals surface area contributed by atoms with E-state index >= 15 is 0 Å². The number of piperidine rings is 1. The Morgan fingerprint density at radius 2 is 2.10 bits per heavy atom. The van der Waals surface area contributed by atoms with Gasteiger partial charge in [0, 0.05) is 18.2 Å². The van der Waals surface area contributed by atoms with E-state index in [1.54, 1.807) is 13.2 Å². The van der Waals surface area contributed by atoms with Gasteiger partial charge in [-0.25, -0.2) is 4.79 Å². The maximum atomic E-state index is 12.2. The van der Waals surface area contributed by atoms with Gasteiger partial charge in [0.25, 0.3) is 0 Å². The summed E-state index contributed by atoms with van der Waals surface area (Å²) in [6.45, 7) is 0.492. The fourth-order valence-electron chi connectivity index (χ4n) is 2.51. The van der Waals surface area contributed by atoms with Crippen molar-refractivity contribution in [2.75, 3.05) is 13.7 Å². The SMILES string of the molecule is COc1ccccc1C=CC(=O)N1CCCC[C@@H]1C(=O)O. The lowest BCUT2D eigenvalue weighted by atomic mass is 10.0. The van der Waals surface area contributed by atoms with Gasteiger partial charge in [0.2, 0.25) is 5.91 Å². The molecule has 1 fully saturated rings. The van der Waals surface area contributed by atoms with Crippen LogP contribution < -0.4 is 4.74 Å². The van der Waals surface area contributed by atoms with E-state index in [1.165, 1.54) is 11.0 Å². The van der Waals surface area contributed by atoms with E-state index in [0.29, 0.717) is 18.7 Å². The molecule has 1 aliphatic rings. The molecule has 0 saturated carbocycles. The predicted octanol–water partition coefficient (Wildman–Crippen LogP) is 2.17. The number of carboxylic acids is 1. The molecule has 0 spiro atoms. The molecule has 1 N–H and O–H groups in total. The van der Waals surface area contributed by atoms with E-state index < -0.39 is 12.0 Å². The fraction of sp³-hybridized carbons (Fsp3) is 0.375. The van der Waals surface area contributed by atoms with Crippen molar-refractivity contribution >= 4 is 18.0 Å². The normalized spacial score (nSPS) is 18.7. The number of amides is 1. The summed E-state index contributed by atoms with van der Waals surface area (Å²) >= 11 is 0. The molecule has 5 heteroatoms. The van der Waals surface area contributed by atoms with Crippen LogP contribution in [-0.4, -0.2) is 41.6 Å². The molecule has 1 saturated heterocycles. The van der Waals surface area contributed by atoms with Gasteiger partial charge in [-0.1, -0.05) is 18.2 Å². The number of methoxy groups -OCH3 is 1. The fourth-order valence-corrected chi connectivity index (χ4v) is 2.51. The van der Waals surface area contributed by atoms with Crippen LogP contribution in [-0.2, 0) is 9.59 Å². The number of carboxylic acid groups (broad SMARTS) is 1. The van der Waals surface area contributed by atoms with E-state index in [0.717, 1.165) is 18.4 Å². The topological polar surface area (TPSA) is 66.8 Å². The van der Waals surface area contributed by atoms with Crippen molar-refractivity contribution in [1.82, 2.24) is 4.90 Å². The highest BCUT2D eigenvalue weighted by molar-refractivity contribution is 5.94. The molecule has 1 heterocycles. The minimum atomic E-state index is -0.936. The van der Waals surface area contributed by atoms with Crippen molar-refractivity contribution in [2.24, 2.45) is 0 Å². The van der Waals surface area contributed by atoms with Crippen LogP contribution in [0.15, 0.2) is 30.3 Å². The summed E-state index contributed by atoms with van der Waals surface area (Å²) in [6, 6.07) is 6.64. The van der Waals surface area contributed by atoms with Gasteiger partial charge in [0.05, 0.1) is 7.11 Å². The van der Waals surface area contributed by atoms with Gasteiger partial charge < -0.3 is 14.7 Å². The molecule has 1 aliphatic heterocycles. The van der Waals surface area contributed by atoms with Crippen molar-refractivity contribution in [3.8, 4) is 5.75 Å². The smallest absolute Gasteiger partial charge is 0.326 e. The zero-order valence-electron chi connectivity index (χ0n) is 12.0. The summed E-state index contributed by atoms with van der Waals surface area (Å²) in [5.74, 6) is -0.531. The van der Waals surface area contributed by atoms with Crippen LogP contribution in [0.5, 0.6) is 5.75 Å². The first kappa shape index (κ1) is 15.1. The second kappa shape index (κ2) is 6.92. The van der Waals surface area contributed by atoms with Crippen LogP contribution in [0.25, 0.3) is 6.08 Å². The zero-order valence-corrected chi connectivity index (χ0v) is 12.0. The highest BCUT2D eigenvalue weighted by Gasteiger charge is 2.30. The van der Waals surface area contributed by atoms with Crippen molar-refractivity contribution in [3.63, 3.8) is 0 Å². The Bertz CT molecular complexity index is 553. The maximum absolute atomic E-state index is 12.2. The monoisotopic (exact) mass is 289 g/mol. The Balaban J connectivity index is 2.12. The predicted molar refractivity (Wildman–Crippen MR) is 79.0 cm³/mol. The number of carbonyl (C=O) groups excluding carboxylic acids is 1. The first-order chi connectivity index (χ1) is 10.1. The Labute approximate surface area is 123 Å². The van der Waals surface area contributed by atoms with Crippen molar-refractivity contribution in [1.29, 1.82) is 0 Å². The molecular formula is C16H19NO4. The zero-order chi connectivity index (χ0) is 15.2. The van der Waals surface area contributed by atoms with E-state index in [1.807, 2.05) is 24.3 Å². The molecular weight excluding hydrogens is 270 g/mol. The average Bonchev–Trinajstić information content (AvgIpc) is 2.52. The molecule has 5 nitrogen and oxygen atoms in total. The number of rotatable bonds is 4. The van der Waals surface area contributed by atoms with Crippen LogP contribution >= 0.6 is 0 Å². The van der Waals surface area contributed by atoms with Crippen molar-refractivity contribution in [3.05, 3.63) is 35.9 Å². The minimum Gasteiger partial charge on any atom is -0.496 e. The Hall–Kier alpha value is -2.30. The van der Waals surface area contributed by atoms with Gasteiger partial charge in [-0.15, -0.1) is 0 Å². The number of likely N-dealkylation sites (tertiary alicyclic amines) is 1. The second-order valence-electron chi connectivity index (χ2n) is 4.96. The van der Waals surface area contributed by atoms with Gasteiger partial charge in [-0.05, 0) is 31.4 Å². The first-order valence-electron chi connectivity index (χ1n) is 6.98. The van der Waals surface area contributed by atoms with Crippen molar-refractivity contribution in [2.45, 2.75) is 25.3 Å². The second-order valence-corrected chi connectivity index (χ2v) is 4.96. The van der Waals surface area contributed by atoms with E-state index in [-0.39, 0.29) is 5.91 Å². The van der Waals surface area contributed by atoms with E-state index in [9.17, 15) is 14.7 Å². The van der Waals surface area contributed by atoms with Crippen LogP contribution in [0.1, 0.15) is 24.8 Å². The molecule has 1 aromatic carbocycles. The van der Waals surface area contributed by atoms with Gasteiger partial charge in [0.1, 0.15) is 11.8 Å². The molecule has 112 valence electrons. The van der Waals surface area contributed by atoms with Crippen LogP contribution in [0.4, 0.5) is 0 Å². The minimum absolute atomic E-state index is 0.270. The molecule has 0 bridgehead atoms. The molecule has 0 unspecified atom stereocenters. The third kappa shape index (κ3) is 3.62. The number of aliphatic carboxylic acids is 1. The molecule has 1 aromatic rings. The van der Waals surface area contributed by atoms with Gasteiger partial charge in [-0.2, -0.15) is 0 Å². The molecule has 2 rings (SSSR count). The molecule has 21 heavy (non-hydrogen) atoms. The van der Waals surface area contributed by atoms with Gasteiger partial charge in [-0.3, -0.25) is 4.79 Å².